The number of hydrogen-bond acceptors (Lipinski definition) is 2. The highest BCUT2D eigenvalue weighted by Crippen LogP contribution is 2.24. The fourth-order valence-electron chi connectivity index (χ4n) is 2.52. The summed E-state index contributed by atoms with van der Waals surface area (Å²) in [4.78, 5) is 26.5. The molecule has 5 heteroatoms. The number of hydrogen-bond donors (Lipinski definition) is 1. The minimum absolute atomic E-state index is 0.00468. The van der Waals surface area contributed by atoms with E-state index in [2.05, 4.69) is 13.8 Å². The molecular weight excluding hydrogens is 232 g/mol. The number of carbonyl (C=O) groups excluding carboxylic acids is 1. The molecule has 0 aliphatic carbocycles. The van der Waals surface area contributed by atoms with E-state index in [9.17, 15) is 9.59 Å². The van der Waals surface area contributed by atoms with Crippen LogP contribution in [0.4, 0.5) is 4.79 Å². The third kappa shape index (κ3) is 3.62. The standard InChI is InChI=1S/C13H24N2O3/c1-4-14(9-7-12(16)17)13(18)15-8-5-6-11(15)10(2)3/h10-11H,4-9H2,1-3H3,(H,16,17). The van der Waals surface area contributed by atoms with E-state index in [1.165, 1.54) is 0 Å². The molecule has 1 heterocycles. The van der Waals surface area contributed by atoms with Gasteiger partial charge in [0.2, 0.25) is 0 Å². The monoisotopic (exact) mass is 256 g/mol. The lowest BCUT2D eigenvalue weighted by atomic mass is 10.0. The Morgan fingerprint density at radius 2 is 2.11 bits per heavy atom. The van der Waals surface area contributed by atoms with Gasteiger partial charge >= 0.3 is 12.0 Å². The fourth-order valence-corrected chi connectivity index (χ4v) is 2.52. The van der Waals surface area contributed by atoms with Crippen molar-refractivity contribution in [3.05, 3.63) is 0 Å². The summed E-state index contributed by atoms with van der Waals surface area (Å²) in [6, 6.07) is 0.298. The molecule has 1 unspecified atom stereocenters. The summed E-state index contributed by atoms with van der Waals surface area (Å²) in [7, 11) is 0. The number of aliphatic carboxylic acids is 1. The number of nitrogens with zero attached hydrogens (tertiary/aromatic N) is 2. The van der Waals surface area contributed by atoms with E-state index < -0.39 is 5.97 Å². The summed E-state index contributed by atoms with van der Waals surface area (Å²) in [5.74, 6) is -0.405. The van der Waals surface area contributed by atoms with Gasteiger partial charge in [0.15, 0.2) is 0 Å². The highest BCUT2D eigenvalue weighted by molar-refractivity contribution is 5.76. The molecule has 0 aromatic carbocycles. The Hall–Kier alpha value is -1.26. The van der Waals surface area contributed by atoms with Crippen LogP contribution in [0.15, 0.2) is 0 Å². The van der Waals surface area contributed by atoms with Gasteiger partial charge in [-0.2, -0.15) is 0 Å². The van der Waals surface area contributed by atoms with Crippen molar-refractivity contribution < 1.29 is 14.7 Å². The lowest BCUT2D eigenvalue weighted by Gasteiger charge is -2.32. The van der Waals surface area contributed by atoms with Crippen LogP contribution in [0.25, 0.3) is 0 Å². The third-order valence-electron chi connectivity index (χ3n) is 3.56. The van der Waals surface area contributed by atoms with Gasteiger partial charge in [0.1, 0.15) is 0 Å². The average molecular weight is 256 g/mol. The Kier molecular flexibility index (Phi) is 5.44. The van der Waals surface area contributed by atoms with Crippen LogP contribution in [0.2, 0.25) is 0 Å². The fraction of sp³-hybridized carbons (Fsp3) is 0.846. The van der Waals surface area contributed by atoms with Gasteiger partial charge in [0.25, 0.3) is 0 Å². The van der Waals surface area contributed by atoms with Gasteiger partial charge in [-0.05, 0) is 25.7 Å². The highest BCUT2D eigenvalue weighted by Gasteiger charge is 2.32. The highest BCUT2D eigenvalue weighted by atomic mass is 16.4. The van der Waals surface area contributed by atoms with Crippen molar-refractivity contribution in [3.8, 4) is 0 Å². The van der Waals surface area contributed by atoms with Gasteiger partial charge in [-0.3, -0.25) is 4.79 Å². The Labute approximate surface area is 109 Å². The van der Waals surface area contributed by atoms with E-state index in [1.54, 1.807) is 4.90 Å². The summed E-state index contributed by atoms with van der Waals surface area (Å²) in [6.45, 7) is 7.80. The Bertz CT molecular complexity index is 305. The smallest absolute Gasteiger partial charge is 0.320 e. The van der Waals surface area contributed by atoms with E-state index in [0.29, 0.717) is 25.0 Å². The zero-order valence-corrected chi connectivity index (χ0v) is 11.6. The molecule has 0 radical (unpaired) electrons. The molecule has 1 aliphatic heterocycles. The Balaban J connectivity index is 2.62. The van der Waals surface area contributed by atoms with Crippen LogP contribution >= 0.6 is 0 Å². The number of carboxylic acids is 1. The summed E-state index contributed by atoms with van der Waals surface area (Å²) >= 11 is 0. The number of likely N-dealkylation sites (tertiary alicyclic amines) is 1. The topological polar surface area (TPSA) is 60.9 Å². The maximum atomic E-state index is 12.4. The molecule has 1 saturated heterocycles. The SMILES string of the molecule is CCN(CCC(=O)O)C(=O)N1CCCC1C(C)C. The molecule has 1 fully saturated rings. The summed E-state index contributed by atoms with van der Waals surface area (Å²) < 4.78 is 0. The number of urea groups is 1. The molecule has 104 valence electrons. The van der Waals surface area contributed by atoms with Crippen molar-refractivity contribution in [2.75, 3.05) is 19.6 Å². The Morgan fingerprint density at radius 1 is 1.44 bits per heavy atom. The normalized spacial score (nSPS) is 19.3. The van der Waals surface area contributed by atoms with Gasteiger partial charge in [0, 0.05) is 25.7 Å². The van der Waals surface area contributed by atoms with E-state index in [-0.39, 0.29) is 12.5 Å². The minimum Gasteiger partial charge on any atom is -0.481 e. The summed E-state index contributed by atoms with van der Waals surface area (Å²) in [5, 5.41) is 8.69. The van der Waals surface area contributed by atoms with E-state index >= 15 is 0 Å². The van der Waals surface area contributed by atoms with Gasteiger partial charge < -0.3 is 14.9 Å². The van der Waals surface area contributed by atoms with Crippen molar-refractivity contribution in [3.63, 3.8) is 0 Å². The molecular formula is C13H24N2O3. The van der Waals surface area contributed by atoms with Crippen LogP contribution in [0.5, 0.6) is 0 Å². The maximum absolute atomic E-state index is 12.4. The quantitative estimate of drug-likeness (QED) is 0.818. The second-order valence-electron chi connectivity index (χ2n) is 5.15. The van der Waals surface area contributed by atoms with Crippen LogP contribution in [0.3, 0.4) is 0 Å². The lowest BCUT2D eigenvalue weighted by molar-refractivity contribution is -0.137. The van der Waals surface area contributed by atoms with Gasteiger partial charge in [-0.15, -0.1) is 0 Å². The first-order valence-electron chi connectivity index (χ1n) is 6.74. The molecule has 0 saturated carbocycles. The number of amides is 2. The van der Waals surface area contributed by atoms with Crippen molar-refractivity contribution >= 4 is 12.0 Å². The number of carboxylic acid groups (broad SMARTS) is 1. The predicted molar refractivity (Wildman–Crippen MR) is 69.5 cm³/mol. The average Bonchev–Trinajstić information content (AvgIpc) is 2.77. The summed E-state index contributed by atoms with van der Waals surface area (Å²) in [5.41, 5.74) is 0. The molecule has 1 rings (SSSR count). The minimum atomic E-state index is -0.858. The van der Waals surface area contributed by atoms with Gasteiger partial charge in [-0.1, -0.05) is 13.8 Å². The second-order valence-corrected chi connectivity index (χ2v) is 5.15. The molecule has 0 aromatic rings. The van der Waals surface area contributed by atoms with E-state index in [1.807, 2.05) is 11.8 Å². The molecule has 18 heavy (non-hydrogen) atoms. The third-order valence-corrected chi connectivity index (χ3v) is 3.56. The van der Waals surface area contributed by atoms with Crippen LogP contribution < -0.4 is 0 Å². The molecule has 5 nitrogen and oxygen atoms in total. The maximum Gasteiger partial charge on any atom is 0.320 e. The van der Waals surface area contributed by atoms with Crippen molar-refractivity contribution in [2.24, 2.45) is 5.92 Å². The first-order valence-corrected chi connectivity index (χ1v) is 6.74. The lowest BCUT2D eigenvalue weighted by Crippen LogP contribution is -2.47. The van der Waals surface area contributed by atoms with Crippen LogP contribution in [-0.2, 0) is 4.79 Å². The molecule has 1 aliphatic rings. The van der Waals surface area contributed by atoms with E-state index in [0.717, 1.165) is 19.4 Å². The molecule has 0 aromatic heterocycles. The molecule has 0 bridgehead atoms. The first kappa shape index (κ1) is 14.8. The Morgan fingerprint density at radius 3 is 2.61 bits per heavy atom. The summed E-state index contributed by atoms with van der Waals surface area (Å²) in [6.07, 6.45) is 2.12. The first-order chi connectivity index (χ1) is 8.47. The molecule has 0 spiro atoms. The van der Waals surface area contributed by atoms with Crippen LogP contribution in [0, 0.1) is 5.92 Å². The number of rotatable bonds is 5. The largest absolute Gasteiger partial charge is 0.481 e. The van der Waals surface area contributed by atoms with Crippen molar-refractivity contribution in [1.29, 1.82) is 0 Å². The molecule has 2 amide bonds. The zero-order chi connectivity index (χ0) is 13.7. The van der Waals surface area contributed by atoms with Crippen molar-refractivity contribution in [1.82, 2.24) is 9.80 Å². The van der Waals surface area contributed by atoms with Crippen molar-refractivity contribution in [2.45, 2.75) is 46.1 Å². The second kappa shape index (κ2) is 6.61. The van der Waals surface area contributed by atoms with Gasteiger partial charge in [0.05, 0.1) is 6.42 Å². The number of carbonyl (C=O) groups is 2. The van der Waals surface area contributed by atoms with Crippen LogP contribution in [0.1, 0.15) is 40.0 Å². The van der Waals surface area contributed by atoms with Gasteiger partial charge in [-0.25, -0.2) is 4.79 Å². The predicted octanol–water partition coefficient (Wildman–Crippen LogP) is 2.02. The molecule has 1 N–H and O–H groups in total. The molecule has 1 atom stereocenters. The van der Waals surface area contributed by atoms with E-state index in [4.69, 9.17) is 5.11 Å². The van der Waals surface area contributed by atoms with Crippen LogP contribution in [-0.4, -0.2) is 52.6 Å². The zero-order valence-electron chi connectivity index (χ0n) is 11.6.